The van der Waals surface area contributed by atoms with E-state index in [2.05, 4.69) is 17.2 Å². The van der Waals surface area contributed by atoms with Crippen LogP contribution in [0, 0.1) is 5.92 Å². The number of methoxy groups -OCH3 is 1. The molecule has 2 aromatic carbocycles. The molecule has 0 saturated carbocycles. The molecule has 1 N–H and O–H groups in total. The fourth-order valence-corrected chi connectivity index (χ4v) is 4.01. The Labute approximate surface area is 198 Å². The Hall–Kier alpha value is -3.94. The number of rotatable bonds is 8. The van der Waals surface area contributed by atoms with Crippen molar-refractivity contribution in [2.24, 2.45) is 10.9 Å². The van der Waals surface area contributed by atoms with Crippen molar-refractivity contribution < 1.29 is 19.1 Å². The first-order valence-corrected chi connectivity index (χ1v) is 11.3. The van der Waals surface area contributed by atoms with Crippen LogP contribution in [0.25, 0.3) is 16.9 Å². The molecule has 0 radical (unpaired) electrons. The molecule has 0 aliphatic carbocycles. The number of ether oxygens (including phenoxy) is 2. The number of unbranched alkanes of at least 4 members (excludes halogenated alkanes) is 1. The van der Waals surface area contributed by atoms with Gasteiger partial charge in [-0.2, -0.15) is 5.10 Å². The molecule has 2 heterocycles. The zero-order valence-electron chi connectivity index (χ0n) is 19.5. The molecule has 1 aliphatic heterocycles. The van der Waals surface area contributed by atoms with Crippen LogP contribution in [-0.4, -0.2) is 41.2 Å². The third-order valence-corrected chi connectivity index (χ3v) is 5.79. The molecule has 0 spiro atoms. The quantitative estimate of drug-likeness (QED) is 0.387. The van der Waals surface area contributed by atoms with Crippen LogP contribution in [0.3, 0.4) is 0 Å². The number of carbonyl (C=O) groups is 2. The average Bonchev–Trinajstić information content (AvgIpc) is 3.30. The van der Waals surface area contributed by atoms with Crippen LogP contribution in [0.2, 0.25) is 0 Å². The van der Waals surface area contributed by atoms with Crippen LogP contribution in [0.15, 0.2) is 65.8 Å². The van der Waals surface area contributed by atoms with E-state index < -0.39 is 24.0 Å². The van der Waals surface area contributed by atoms with Gasteiger partial charge in [0.15, 0.2) is 0 Å². The monoisotopic (exact) mass is 460 g/mol. The maximum absolute atomic E-state index is 12.7. The number of carbonyl (C=O) groups excluding carboxylic acids is 2. The Morgan fingerprint density at radius 3 is 2.53 bits per heavy atom. The Morgan fingerprint density at radius 1 is 1.12 bits per heavy atom. The van der Waals surface area contributed by atoms with E-state index in [9.17, 15) is 9.59 Å². The van der Waals surface area contributed by atoms with E-state index in [0.29, 0.717) is 23.6 Å². The molecule has 0 saturated heterocycles. The Balaban J connectivity index is 1.78. The molecule has 0 bridgehead atoms. The van der Waals surface area contributed by atoms with Gasteiger partial charge in [0.05, 0.1) is 31.1 Å². The lowest BCUT2D eigenvalue weighted by Crippen LogP contribution is -2.44. The molecule has 3 aromatic rings. The van der Waals surface area contributed by atoms with Gasteiger partial charge in [0, 0.05) is 23.0 Å². The first-order chi connectivity index (χ1) is 16.5. The molecular formula is C26H28N4O4. The van der Waals surface area contributed by atoms with Gasteiger partial charge in [-0.25, -0.2) is 14.5 Å². The lowest BCUT2D eigenvalue weighted by atomic mass is 9.87. The van der Waals surface area contributed by atoms with Crippen LogP contribution >= 0.6 is 0 Å². The summed E-state index contributed by atoms with van der Waals surface area (Å²) in [4.78, 5) is 28.9. The van der Waals surface area contributed by atoms with Gasteiger partial charge in [0.2, 0.25) is 0 Å². The predicted octanol–water partition coefficient (Wildman–Crippen LogP) is 4.73. The zero-order chi connectivity index (χ0) is 24.1. The number of aromatic nitrogens is 2. The fourth-order valence-electron chi connectivity index (χ4n) is 4.01. The highest BCUT2D eigenvalue weighted by atomic mass is 16.5. The molecule has 2 atom stereocenters. The number of benzene rings is 2. The largest absolute Gasteiger partial charge is 0.494 e. The second-order valence-corrected chi connectivity index (χ2v) is 8.12. The lowest BCUT2D eigenvalue weighted by molar-refractivity contribution is -0.143. The summed E-state index contributed by atoms with van der Waals surface area (Å²) in [5, 5.41) is 7.68. The molecule has 1 aliphatic rings. The van der Waals surface area contributed by atoms with Gasteiger partial charge in [0.1, 0.15) is 11.7 Å². The lowest BCUT2D eigenvalue weighted by Gasteiger charge is -2.29. The number of hydrogen-bond donors (Lipinski definition) is 1. The van der Waals surface area contributed by atoms with E-state index in [1.807, 2.05) is 60.8 Å². The molecular weight excluding hydrogens is 432 g/mol. The first-order valence-electron chi connectivity index (χ1n) is 11.3. The van der Waals surface area contributed by atoms with E-state index in [0.717, 1.165) is 29.8 Å². The SMILES string of the molecule is CCCCOc1ccc(-c2nn(-c3ccccc3)cc2C2NC(=O)N=C(C)C2C(=O)OC)cc1. The molecule has 8 heteroatoms. The average molecular weight is 461 g/mol. The van der Waals surface area contributed by atoms with Crippen molar-refractivity contribution in [3.63, 3.8) is 0 Å². The van der Waals surface area contributed by atoms with Crippen LogP contribution in [-0.2, 0) is 9.53 Å². The van der Waals surface area contributed by atoms with Crippen LogP contribution in [0.5, 0.6) is 5.75 Å². The second-order valence-electron chi connectivity index (χ2n) is 8.12. The maximum atomic E-state index is 12.7. The smallest absolute Gasteiger partial charge is 0.341 e. The van der Waals surface area contributed by atoms with E-state index in [-0.39, 0.29) is 0 Å². The number of nitrogens with one attached hydrogen (secondary N) is 1. The summed E-state index contributed by atoms with van der Waals surface area (Å²) in [7, 11) is 1.33. The molecule has 2 unspecified atom stereocenters. The first kappa shape index (κ1) is 23.2. The summed E-state index contributed by atoms with van der Waals surface area (Å²) in [6.07, 6.45) is 3.90. The minimum Gasteiger partial charge on any atom is -0.494 e. The Bertz CT molecular complexity index is 1190. The standard InChI is InChI=1S/C26H28N4O4/c1-4-5-15-34-20-13-11-18(12-14-20)23-21(16-30(29-23)19-9-7-6-8-10-19)24-22(25(31)33-3)17(2)27-26(32)28-24/h6-14,16,22,24H,4-5,15H2,1-3H3,(H,28,32). The van der Waals surface area contributed by atoms with Crippen molar-refractivity contribution in [1.29, 1.82) is 0 Å². The summed E-state index contributed by atoms with van der Waals surface area (Å²) < 4.78 is 12.6. The third-order valence-electron chi connectivity index (χ3n) is 5.79. The Kier molecular flexibility index (Phi) is 7.06. The molecule has 1 aromatic heterocycles. The summed E-state index contributed by atoms with van der Waals surface area (Å²) in [5.41, 5.74) is 3.44. The topological polar surface area (TPSA) is 94.8 Å². The van der Waals surface area contributed by atoms with Crippen molar-refractivity contribution >= 4 is 17.7 Å². The number of hydrogen-bond acceptors (Lipinski definition) is 5. The van der Waals surface area contributed by atoms with Crippen molar-refractivity contribution in [1.82, 2.24) is 15.1 Å². The van der Waals surface area contributed by atoms with Crippen molar-refractivity contribution in [3.05, 3.63) is 66.4 Å². The normalized spacial score (nSPS) is 17.6. The highest BCUT2D eigenvalue weighted by Crippen LogP contribution is 2.35. The van der Waals surface area contributed by atoms with Gasteiger partial charge in [0.25, 0.3) is 0 Å². The van der Waals surface area contributed by atoms with E-state index in [1.165, 1.54) is 7.11 Å². The van der Waals surface area contributed by atoms with Crippen molar-refractivity contribution in [2.45, 2.75) is 32.7 Å². The minimum absolute atomic E-state index is 0.402. The highest BCUT2D eigenvalue weighted by molar-refractivity contribution is 6.08. The van der Waals surface area contributed by atoms with E-state index in [4.69, 9.17) is 14.6 Å². The van der Waals surface area contributed by atoms with Gasteiger partial charge in [-0.05, 0) is 49.7 Å². The van der Waals surface area contributed by atoms with Gasteiger partial charge < -0.3 is 14.8 Å². The molecule has 4 rings (SSSR count). The zero-order valence-corrected chi connectivity index (χ0v) is 19.5. The number of amides is 2. The van der Waals surface area contributed by atoms with Crippen LogP contribution in [0.4, 0.5) is 4.79 Å². The van der Waals surface area contributed by atoms with E-state index in [1.54, 1.807) is 11.6 Å². The molecule has 34 heavy (non-hydrogen) atoms. The van der Waals surface area contributed by atoms with Gasteiger partial charge in [-0.15, -0.1) is 0 Å². The molecule has 8 nitrogen and oxygen atoms in total. The Morgan fingerprint density at radius 2 is 1.85 bits per heavy atom. The number of aliphatic imine (C=N–C) groups is 1. The van der Waals surface area contributed by atoms with Crippen LogP contribution < -0.4 is 10.1 Å². The van der Waals surface area contributed by atoms with Crippen molar-refractivity contribution in [3.8, 4) is 22.7 Å². The predicted molar refractivity (Wildman–Crippen MR) is 129 cm³/mol. The maximum Gasteiger partial charge on any atom is 0.341 e. The van der Waals surface area contributed by atoms with Crippen molar-refractivity contribution in [2.75, 3.05) is 13.7 Å². The molecule has 2 amide bonds. The summed E-state index contributed by atoms with van der Waals surface area (Å²) in [6.45, 7) is 4.45. The van der Waals surface area contributed by atoms with Gasteiger partial charge in [-0.3, -0.25) is 4.79 Å². The highest BCUT2D eigenvalue weighted by Gasteiger charge is 2.40. The summed E-state index contributed by atoms with van der Waals surface area (Å²) in [5.74, 6) is -0.446. The number of nitrogens with zero attached hydrogens (tertiary/aromatic N) is 3. The minimum atomic E-state index is -0.758. The summed E-state index contributed by atoms with van der Waals surface area (Å²) in [6, 6.07) is 16.2. The van der Waals surface area contributed by atoms with Gasteiger partial charge in [-0.1, -0.05) is 31.5 Å². The number of para-hydroxylation sites is 1. The number of urea groups is 1. The fraction of sp³-hybridized carbons (Fsp3) is 0.308. The molecule has 176 valence electrons. The number of esters is 1. The van der Waals surface area contributed by atoms with Crippen LogP contribution in [0.1, 0.15) is 38.3 Å². The summed E-state index contributed by atoms with van der Waals surface area (Å²) >= 11 is 0. The van der Waals surface area contributed by atoms with Gasteiger partial charge >= 0.3 is 12.0 Å². The second kappa shape index (κ2) is 10.3. The molecule has 0 fully saturated rings. The third kappa shape index (κ3) is 4.85. The van der Waals surface area contributed by atoms with E-state index >= 15 is 0 Å².